The van der Waals surface area contributed by atoms with E-state index in [1.54, 1.807) is 0 Å². The highest BCUT2D eigenvalue weighted by Crippen LogP contribution is 2.29. The molecule has 2 saturated heterocycles. The molecular weight excluding hydrogens is 214 g/mol. The number of hydrogen-bond acceptors (Lipinski definition) is 2. The molecule has 0 spiro atoms. The summed E-state index contributed by atoms with van der Waals surface area (Å²) in [6.45, 7) is 8.23. The maximum absolute atomic E-state index is 11.9. The zero-order valence-corrected chi connectivity index (χ0v) is 11.0. The molecule has 2 amide bonds. The van der Waals surface area contributed by atoms with Gasteiger partial charge in [0, 0.05) is 19.1 Å². The molecule has 2 aliphatic rings. The second-order valence-corrected chi connectivity index (χ2v) is 5.69. The number of carbonyl (C=O) groups excluding carboxylic acids is 1. The summed E-state index contributed by atoms with van der Waals surface area (Å²) in [7, 11) is 0. The van der Waals surface area contributed by atoms with Gasteiger partial charge in [-0.05, 0) is 58.0 Å². The lowest BCUT2D eigenvalue weighted by atomic mass is 9.84. The predicted molar refractivity (Wildman–Crippen MR) is 68.9 cm³/mol. The van der Waals surface area contributed by atoms with Crippen LogP contribution in [0.15, 0.2) is 0 Å². The minimum atomic E-state index is 0.122. The summed E-state index contributed by atoms with van der Waals surface area (Å²) in [5.41, 5.74) is 0. The lowest BCUT2D eigenvalue weighted by molar-refractivity contribution is 0.198. The smallest absolute Gasteiger partial charge is 0.317 e. The van der Waals surface area contributed by atoms with Crippen molar-refractivity contribution in [3.05, 3.63) is 0 Å². The van der Waals surface area contributed by atoms with Crippen molar-refractivity contribution in [2.45, 2.75) is 39.2 Å². The van der Waals surface area contributed by atoms with Gasteiger partial charge in [-0.15, -0.1) is 0 Å². The maximum Gasteiger partial charge on any atom is 0.317 e. The van der Waals surface area contributed by atoms with E-state index < -0.39 is 0 Å². The van der Waals surface area contributed by atoms with Crippen molar-refractivity contribution in [1.29, 1.82) is 0 Å². The third-order valence-corrected chi connectivity index (χ3v) is 3.97. The van der Waals surface area contributed by atoms with Crippen LogP contribution in [0.1, 0.15) is 33.1 Å². The Hall–Kier alpha value is -0.770. The molecule has 2 N–H and O–H groups in total. The SMILES string of the molecule is CC(C)NC(=O)N1CCC(C2CCNCC2)C1. The first-order valence-electron chi connectivity index (χ1n) is 6.93. The van der Waals surface area contributed by atoms with Gasteiger partial charge in [-0.25, -0.2) is 4.79 Å². The molecule has 2 heterocycles. The molecule has 2 rings (SSSR count). The van der Waals surface area contributed by atoms with Gasteiger partial charge in [0.25, 0.3) is 0 Å². The maximum atomic E-state index is 11.9. The van der Waals surface area contributed by atoms with Crippen LogP contribution in [0.4, 0.5) is 4.79 Å². The Balaban J connectivity index is 1.80. The first-order valence-corrected chi connectivity index (χ1v) is 6.93. The summed E-state index contributed by atoms with van der Waals surface area (Å²) < 4.78 is 0. The topological polar surface area (TPSA) is 44.4 Å². The van der Waals surface area contributed by atoms with Crippen LogP contribution in [0.25, 0.3) is 0 Å². The van der Waals surface area contributed by atoms with Crippen molar-refractivity contribution >= 4 is 6.03 Å². The molecule has 98 valence electrons. The van der Waals surface area contributed by atoms with E-state index in [4.69, 9.17) is 0 Å². The number of urea groups is 1. The monoisotopic (exact) mass is 239 g/mol. The summed E-state index contributed by atoms with van der Waals surface area (Å²) in [4.78, 5) is 13.9. The first-order chi connectivity index (χ1) is 8.16. The van der Waals surface area contributed by atoms with Crippen molar-refractivity contribution in [2.75, 3.05) is 26.2 Å². The van der Waals surface area contributed by atoms with Gasteiger partial charge in [0.15, 0.2) is 0 Å². The van der Waals surface area contributed by atoms with E-state index in [2.05, 4.69) is 10.6 Å². The fourth-order valence-electron chi connectivity index (χ4n) is 3.01. The molecule has 2 aliphatic heterocycles. The van der Waals surface area contributed by atoms with Crippen LogP contribution in [0.3, 0.4) is 0 Å². The Bertz CT molecular complexity index is 261. The average Bonchev–Trinajstić information content (AvgIpc) is 2.78. The molecule has 2 fully saturated rings. The first kappa shape index (κ1) is 12.7. The largest absolute Gasteiger partial charge is 0.336 e. The van der Waals surface area contributed by atoms with Gasteiger partial charge < -0.3 is 15.5 Å². The molecule has 1 unspecified atom stereocenters. The van der Waals surface area contributed by atoms with Gasteiger partial charge in [0.2, 0.25) is 0 Å². The minimum absolute atomic E-state index is 0.122. The molecule has 0 radical (unpaired) electrons. The second-order valence-electron chi connectivity index (χ2n) is 5.69. The Morgan fingerprint density at radius 1 is 1.24 bits per heavy atom. The summed E-state index contributed by atoms with van der Waals surface area (Å²) in [6, 6.07) is 0.358. The lowest BCUT2D eigenvalue weighted by Crippen LogP contribution is -2.42. The van der Waals surface area contributed by atoms with E-state index in [9.17, 15) is 4.79 Å². The van der Waals surface area contributed by atoms with Crippen LogP contribution < -0.4 is 10.6 Å². The van der Waals surface area contributed by atoms with Gasteiger partial charge in [-0.1, -0.05) is 0 Å². The fourth-order valence-corrected chi connectivity index (χ4v) is 3.01. The minimum Gasteiger partial charge on any atom is -0.336 e. The highest BCUT2D eigenvalue weighted by atomic mass is 16.2. The number of nitrogens with one attached hydrogen (secondary N) is 2. The molecule has 17 heavy (non-hydrogen) atoms. The van der Waals surface area contributed by atoms with E-state index in [1.165, 1.54) is 19.3 Å². The molecule has 1 atom stereocenters. The lowest BCUT2D eigenvalue weighted by Gasteiger charge is -2.28. The van der Waals surface area contributed by atoms with Crippen LogP contribution in [0.5, 0.6) is 0 Å². The van der Waals surface area contributed by atoms with Crippen molar-refractivity contribution < 1.29 is 4.79 Å². The molecule has 0 bridgehead atoms. The number of likely N-dealkylation sites (tertiary alicyclic amines) is 1. The highest BCUT2D eigenvalue weighted by molar-refractivity contribution is 5.74. The third-order valence-electron chi connectivity index (χ3n) is 3.97. The zero-order chi connectivity index (χ0) is 12.3. The van der Waals surface area contributed by atoms with E-state index >= 15 is 0 Å². The Kier molecular flexibility index (Phi) is 4.26. The number of nitrogens with zero attached hydrogens (tertiary/aromatic N) is 1. The average molecular weight is 239 g/mol. The highest BCUT2D eigenvalue weighted by Gasteiger charge is 2.32. The van der Waals surface area contributed by atoms with Crippen molar-refractivity contribution in [3.63, 3.8) is 0 Å². The van der Waals surface area contributed by atoms with Gasteiger partial charge in [-0.3, -0.25) is 0 Å². The number of rotatable bonds is 2. The molecule has 4 heteroatoms. The molecule has 0 aromatic rings. The number of hydrogen-bond donors (Lipinski definition) is 2. The summed E-state index contributed by atoms with van der Waals surface area (Å²) in [5.74, 6) is 1.56. The van der Waals surface area contributed by atoms with Crippen LogP contribution in [0, 0.1) is 11.8 Å². The molecule has 4 nitrogen and oxygen atoms in total. The van der Waals surface area contributed by atoms with E-state index in [0.717, 1.165) is 38.0 Å². The van der Waals surface area contributed by atoms with E-state index in [-0.39, 0.29) is 12.1 Å². The third kappa shape index (κ3) is 3.35. The Labute approximate surface area is 104 Å². The number of carbonyl (C=O) groups is 1. The van der Waals surface area contributed by atoms with Gasteiger partial charge in [0.1, 0.15) is 0 Å². The molecule has 0 aliphatic carbocycles. The number of piperidine rings is 1. The Morgan fingerprint density at radius 2 is 1.94 bits per heavy atom. The van der Waals surface area contributed by atoms with Gasteiger partial charge in [-0.2, -0.15) is 0 Å². The van der Waals surface area contributed by atoms with Crippen LogP contribution in [0.2, 0.25) is 0 Å². The molecule has 0 aromatic carbocycles. The van der Waals surface area contributed by atoms with Crippen molar-refractivity contribution in [1.82, 2.24) is 15.5 Å². The predicted octanol–water partition coefficient (Wildman–Crippen LogP) is 1.43. The van der Waals surface area contributed by atoms with E-state index in [1.807, 2.05) is 18.7 Å². The molecule has 0 aromatic heterocycles. The molecular formula is C13H25N3O. The molecule has 0 saturated carbocycles. The second kappa shape index (κ2) is 5.71. The van der Waals surface area contributed by atoms with Crippen molar-refractivity contribution in [2.24, 2.45) is 11.8 Å². The van der Waals surface area contributed by atoms with E-state index in [0.29, 0.717) is 0 Å². The van der Waals surface area contributed by atoms with Crippen molar-refractivity contribution in [3.8, 4) is 0 Å². The quantitative estimate of drug-likeness (QED) is 0.765. The van der Waals surface area contributed by atoms with Gasteiger partial charge in [0.05, 0.1) is 0 Å². The standard InChI is InChI=1S/C13H25N3O/c1-10(2)15-13(17)16-8-5-12(9-16)11-3-6-14-7-4-11/h10-12,14H,3-9H2,1-2H3,(H,15,17). The Morgan fingerprint density at radius 3 is 2.59 bits per heavy atom. The zero-order valence-electron chi connectivity index (χ0n) is 11.0. The van der Waals surface area contributed by atoms with Crippen LogP contribution >= 0.6 is 0 Å². The van der Waals surface area contributed by atoms with Gasteiger partial charge >= 0.3 is 6.03 Å². The van der Waals surface area contributed by atoms with Crippen LogP contribution in [-0.4, -0.2) is 43.2 Å². The number of amides is 2. The summed E-state index contributed by atoms with van der Waals surface area (Å²) >= 11 is 0. The van der Waals surface area contributed by atoms with Crippen LogP contribution in [-0.2, 0) is 0 Å². The fraction of sp³-hybridized carbons (Fsp3) is 0.923. The summed E-state index contributed by atoms with van der Waals surface area (Å²) in [6.07, 6.45) is 3.75. The summed E-state index contributed by atoms with van der Waals surface area (Å²) in [5, 5.41) is 6.39. The normalized spacial score (nSPS) is 26.5.